The van der Waals surface area contributed by atoms with Gasteiger partial charge in [-0.3, -0.25) is 0 Å². The predicted octanol–water partition coefficient (Wildman–Crippen LogP) is -0.577. The second-order valence-corrected chi connectivity index (χ2v) is 3.08. The average molecular weight is 169 g/mol. The highest BCUT2D eigenvalue weighted by Gasteiger charge is 2.36. The van der Waals surface area contributed by atoms with Gasteiger partial charge in [0.15, 0.2) is 0 Å². The zero-order valence-corrected chi connectivity index (χ0v) is 6.90. The number of nitrogens with zero attached hydrogens (tertiary/aromatic N) is 3. The van der Waals surface area contributed by atoms with Crippen molar-refractivity contribution in [3.8, 4) is 0 Å². The molecule has 1 aromatic heterocycles. The van der Waals surface area contributed by atoms with E-state index >= 15 is 0 Å². The molecule has 1 N–H and O–H groups in total. The van der Waals surface area contributed by atoms with Crippen LogP contribution >= 0.6 is 0 Å². The molecule has 2 rings (SSSR count). The van der Waals surface area contributed by atoms with Crippen LogP contribution in [0.15, 0.2) is 6.20 Å². The Morgan fingerprint density at radius 2 is 2.58 bits per heavy atom. The minimum absolute atomic E-state index is 0.341. The van der Waals surface area contributed by atoms with Gasteiger partial charge in [0.2, 0.25) is 0 Å². The van der Waals surface area contributed by atoms with Crippen molar-refractivity contribution >= 4 is 0 Å². The molecule has 0 saturated carbocycles. The normalized spacial score (nSPS) is 29.5. The Balaban J connectivity index is 2.34. The van der Waals surface area contributed by atoms with E-state index in [0.717, 1.165) is 5.69 Å². The molecule has 1 aliphatic rings. The number of rotatable bonds is 1. The maximum absolute atomic E-state index is 10.0. The highest BCUT2D eigenvalue weighted by Crippen LogP contribution is 2.28. The Kier molecular flexibility index (Phi) is 1.62. The van der Waals surface area contributed by atoms with Gasteiger partial charge < -0.3 is 9.84 Å². The molecule has 66 valence electrons. The van der Waals surface area contributed by atoms with Gasteiger partial charge in [-0.25, -0.2) is 4.68 Å². The van der Waals surface area contributed by atoms with E-state index in [4.69, 9.17) is 4.74 Å². The first-order chi connectivity index (χ1) is 5.72. The molecule has 1 aromatic rings. The molecule has 0 aromatic carbocycles. The fourth-order valence-corrected chi connectivity index (χ4v) is 1.47. The second kappa shape index (κ2) is 2.53. The van der Waals surface area contributed by atoms with Gasteiger partial charge in [-0.05, 0) is 0 Å². The molecule has 1 atom stereocenters. The maximum atomic E-state index is 10.0. The van der Waals surface area contributed by atoms with Gasteiger partial charge in [-0.2, -0.15) is 0 Å². The van der Waals surface area contributed by atoms with E-state index in [-0.39, 0.29) is 0 Å². The molecule has 1 saturated heterocycles. The first kappa shape index (κ1) is 7.70. The topological polar surface area (TPSA) is 60.2 Å². The van der Waals surface area contributed by atoms with Gasteiger partial charge in [0, 0.05) is 20.1 Å². The summed E-state index contributed by atoms with van der Waals surface area (Å²) < 4.78 is 6.70. The summed E-state index contributed by atoms with van der Waals surface area (Å²) in [7, 11) is 1.76. The molecular formula is C7H11N3O2. The first-order valence-electron chi connectivity index (χ1n) is 3.88. The largest absolute Gasteiger partial charge is 0.381 e. The van der Waals surface area contributed by atoms with E-state index in [1.54, 1.807) is 17.9 Å². The summed E-state index contributed by atoms with van der Waals surface area (Å²) in [6.07, 6.45) is 2.20. The van der Waals surface area contributed by atoms with E-state index in [1.165, 1.54) is 0 Å². The standard InChI is InChI=1S/C7H11N3O2/c1-10-6(4-8-9-10)7(11)2-3-12-5-7/h4,11H,2-3,5H2,1H3. The number of hydrogen-bond donors (Lipinski definition) is 1. The lowest BCUT2D eigenvalue weighted by molar-refractivity contribution is 0.0162. The van der Waals surface area contributed by atoms with Gasteiger partial charge in [0.05, 0.1) is 18.5 Å². The van der Waals surface area contributed by atoms with E-state index < -0.39 is 5.60 Å². The summed E-state index contributed by atoms with van der Waals surface area (Å²) in [4.78, 5) is 0. The van der Waals surface area contributed by atoms with Crippen LogP contribution in [0.25, 0.3) is 0 Å². The molecule has 0 bridgehead atoms. The molecule has 5 nitrogen and oxygen atoms in total. The smallest absolute Gasteiger partial charge is 0.133 e. The van der Waals surface area contributed by atoms with E-state index in [1.807, 2.05) is 0 Å². The third kappa shape index (κ3) is 1.02. The van der Waals surface area contributed by atoms with Crippen LogP contribution < -0.4 is 0 Å². The van der Waals surface area contributed by atoms with Crippen LogP contribution in [0, 0.1) is 0 Å². The summed E-state index contributed by atoms with van der Waals surface area (Å²) in [6, 6.07) is 0. The summed E-state index contributed by atoms with van der Waals surface area (Å²) in [6.45, 7) is 0.940. The van der Waals surface area contributed by atoms with Crippen LogP contribution in [0.2, 0.25) is 0 Å². The van der Waals surface area contributed by atoms with Crippen LogP contribution in [-0.2, 0) is 17.4 Å². The molecule has 5 heteroatoms. The maximum Gasteiger partial charge on any atom is 0.133 e. The number of aliphatic hydroxyl groups is 1. The SMILES string of the molecule is Cn1nncc1C1(O)CCOC1. The van der Waals surface area contributed by atoms with Crippen LogP contribution in [0.1, 0.15) is 12.1 Å². The monoisotopic (exact) mass is 169 g/mol. The summed E-state index contributed by atoms with van der Waals surface area (Å²) >= 11 is 0. The minimum Gasteiger partial charge on any atom is -0.381 e. The van der Waals surface area contributed by atoms with Crippen LogP contribution in [0.5, 0.6) is 0 Å². The van der Waals surface area contributed by atoms with Crippen molar-refractivity contribution in [2.75, 3.05) is 13.2 Å². The van der Waals surface area contributed by atoms with Gasteiger partial charge in [0.1, 0.15) is 5.60 Å². The third-order valence-electron chi connectivity index (χ3n) is 2.19. The third-order valence-corrected chi connectivity index (χ3v) is 2.19. The molecule has 0 aliphatic carbocycles. The molecular weight excluding hydrogens is 158 g/mol. The van der Waals surface area contributed by atoms with Gasteiger partial charge in [-0.1, -0.05) is 5.21 Å². The minimum atomic E-state index is -0.877. The lowest BCUT2D eigenvalue weighted by Gasteiger charge is -2.18. The van der Waals surface area contributed by atoms with E-state index in [9.17, 15) is 5.11 Å². The molecule has 1 unspecified atom stereocenters. The Morgan fingerprint density at radius 3 is 3.08 bits per heavy atom. The highest BCUT2D eigenvalue weighted by molar-refractivity contribution is 5.09. The molecule has 0 spiro atoms. The number of aromatic nitrogens is 3. The molecule has 2 heterocycles. The predicted molar refractivity (Wildman–Crippen MR) is 40.3 cm³/mol. The van der Waals surface area contributed by atoms with Crippen molar-refractivity contribution in [3.63, 3.8) is 0 Å². The Bertz CT molecular complexity index is 278. The van der Waals surface area contributed by atoms with Crippen molar-refractivity contribution in [2.45, 2.75) is 12.0 Å². The highest BCUT2D eigenvalue weighted by atomic mass is 16.5. The van der Waals surface area contributed by atoms with Crippen LogP contribution in [-0.4, -0.2) is 33.3 Å². The molecule has 1 aliphatic heterocycles. The Hall–Kier alpha value is -0.940. The zero-order chi connectivity index (χ0) is 8.60. The lowest BCUT2D eigenvalue weighted by atomic mass is 10.00. The Labute approximate surface area is 70.0 Å². The molecule has 12 heavy (non-hydrogen) atoms. The van der Waals surface area contributed by atoms with Crippen LogP contribution in [0.4, 0.5) is 0 Å². The number of ether oxygens (including phenoxy) is 1. The number of hydrogen-bond acceptors (Lipinski definition) is 4. The molecule has 1 fully saturated rings. The van der Waals surface area contributed by atoms with Crippen molar-refractivity contribution in [1.29, 1.82) is 0 Å². The summed E-state index contributed by atoms with van der Waals surface area (Å²) in [5, 5.41) is 17.5. The lowest BCUT2D eigenvalue weighted by Crippen LogP contribution is -2.28. The van der Waals surface area contributed by atoms with Crippen molar-refractivity contribution < 1.29 is 9.84 Å². The van der Waals surface area contributed by atoms with Gasteiger partial charge >= 0.3 is 0 Å². The van der Waals surface area contributed by atoms with Gasteiger partial charge in [0.25, 0.3) is 0 Å². The average Bonchev–Trinajstić information content (AvgIpc) is 2.59. The zero-order valence-electron chi connectivity index (χ0n) is 6.90. The number of aryl methyl sites for hydroxylation is 1. The van der Waals surface area contributed by atoms with Crippen molar-refractivity contribution in [3.05, 3.63) is 11.9 Å². The second-order valence-electron chi connectivity index (χ2n) is 3.08. The van der Waals surface area contributed by atoms with Gasteiger partial charge in [-0.15, -0.1) is 5.10 Å². The summed E-state index contributed by atoms with van der Waals surface area (Å²) in [5.41, 5.74) is -0.155. The van der Waals surface area contributed by atoms with E-state index in [2.05, 4.69) is 10.3 Å². The first-order valence-corrected chi connectivity index (χ1v) is 3.88. The van der Waals surface area contributed by atoms with Crippen molar-refractivity contribution in [1.82, 2.24) is 15.0 Å². The molecule has 0 amide bonds. The van der Waals surface area contributed by atoms with E-state index in [0.29, 0.717) is 19.6 Å². The quantitative estimate of drug-likeness (QED) is 0.611. The van der Waals surface area contributed by atoms with Crippen molar-refractivity contribution in [2.24, 2.45) is 7.05 Å². The fraction of sp³-hybridized carbons (Fsp3) is 0.714. The Morgan fingerprint density at radius 1 is 1.75 bits per heavy atom. The van der Waals surface area contributed by atoms with Crippen LogP contribution in [0.3, 0.4) is 0 Å². The molecule has 0 radical (unpaired) electrons. The summed E-state index contributed by atoms with van der Waals surface area (Å²) in [5.74, 6) is 0. The fourth-order valence-electron chi connectivity index (χ4n) is 1.47.